The van der Waals surface area contributed by atoms with Gasteiger partial charge in [-0.25, -0.2) is 13.2 Å². The molecular formula is C19H17NO6S. The second-order valence-corrected chi connectivity index (χ2v) is 7.73. The van der Waals surface area contributed by atoms with E-state index in [1.807, 2.05) is 0 Å². The molecule has 2 aromatic rings. The monoisotopic (exact) mass is 387 g/mol. The Hall–Kier alpha value is -3.13. The van der Waals surface area contributed by atoms with E-state index in [0.717, 1.165) is 0 Å². The summed E-state index contributed by atoms with van der Waals surface area (Å²) in [6.07, 6.45) is 0. The number of ether oxygens (including phenoxy) is 2. The van der Waals surface area contributed by atoms with Gasteiger partial charge >= 0.3 is 5.97 Å². The van der Waals surface area contributed by atoms with Crippen LogP contribution in [0.3, 0.4) is 0 Å². The van der Waals surface area contributed by atoms with Crippen molar-refractivity contribution in [1.82, 2.24) is 0 Å². The smallest absolute Gasteiger partial charge is 0.339 e. The quantitative estimate of drug-likeness (QED) is 0.808. The van der Waals surface area contributed by atoms with E-state index in [-0.39, 0.29) is 34.3 Å². The molecule has 27 heavy (non-hydrogen) atoms. The summed E-state index contributed by atoms with van der Waals surface area (Å²) in [5, 5.41) is 2.55. The Labute approximate surface area is 156 Å². The molecular weight excluding hydrogens is 370 g/mol. The van der Waals surface area contributed by atoms with Crippen LogP contribution in [0.1, 0.15) is 15.9 Å². The van der Waals surface area contributed by atoms with Crippen LogP contribution >= 0.6 is 0 Å². The van der Waals surface area contributed by atoms with Crippen LogP contribution in [0.2, 0.25) is 0 Å². The molecule has 0 spiro atoms. The van der Waals surface area contributed by atoms with Gasteiger partial charge in [-0.15, -0.1) is 0 Å². The highest BCUT2D eigenvalue weighted by atomic mass is 32.2. The molecule has 0 aliphatic carbocycles. The number of nitrogens with one attached hydrogen (secondary N) is 1. The molecule has 3 rings (SSSR count). The number of benzene rings is 2. The molecule has 1 heterocycles. The SMILES string of the molecule is COC(=O)c1ccccc1NC(=O)C1=C(c2ccccc2)S(=O)(=O)CCO1. The maximum Gasteiger partial charge on any atom is 0.339 e. The molecule has 0 radical (unpaired) electrons. The highest BCUT2D eigenvalue weighted by Gasteiger charge is 2.33. The Kier molecular flexibility index (Phi) is 5.27. The number of para-hydroxylation sites is 1. The first-order valence-corrected chi connectivity index (χ1v) is 9.73. The molecule has 2 aromatic carbocycles. The van der Waals surface area contributed by atoms with Gasteiger partial charge in [0.1, 0.15) is 11.5 Å². The number of carbonyl (C=O) groups excluding carboxylic acids is 2. The first kappa shape index (κ1) is 18.7. The van der Waals surface area contributed by atoms with Crippen LogP contribution < -0.4 is 5.32 Å². The van der Waals surface area contributed by atoms with Gasteiger partial charge in [-0.2, -0.15) is 0 Å². The third kappa shape index (κ3) is 3.85. The van der Waals surface area contributed by atoms with E-state index in [2.05, 4.69) is 5.32 Å². The summed E-state index contributed by atoms with van der Waals surface area (Å²) in [7, 11) is -2.46. The Morgan fingerprint density at radius 2 is 1.70 bits per heavy atom. The van der Waals surface area contributed by atoms with Crippen molar-refractivity contribution in [2.45, 2.75) is 0 Å². The predicted molar refractivity (Wildman–Crippen MR) is 99.5 cm³/mol. The highest BCUT2D eigenvalue weighted by Crippen LogP contribution is 2.30. The van der Waals surface area contributed by atoms with Crippen LogP contribution in [0.4, 0.5) is 5.69 Å². The fraction of sp³-hybridized carbons (Fsp3) is 0.158. The van der Waals surface area contributed by atoms with Crippen molar-refractivity contribution in [2.24, 2.45) is 0 Å². The molecule has 0 aromatic heterocycles. The molecule has 1 N–H and O–H groups in total. The Bertz CT molecular complexity index is 1010. The van der Waals surface area contributed by atoms with Crippen molar-refractivity contribution in [1.29, 1.82) is 0 Å². The molecule has 1 amide bonds. The van der Waals surface area contributed by atoms with Gasteiger partial charge in [-0.05, 0) is 17.7 Å². The maximum absolute atomic E-state index is 12.8. The van der Waals surface area contributed by atoms with Crippen molar-refractivity contribution in [3.63, 3.8) is 0 Å². The van der Waals surface area contributed by atoms with Crippen molar-refractivity contribution < 1.29 is 27.5 Å². The van der Waals surface area contributed by atoms with Crippen molar-refractivity contribution in [3.8, 4) is 0 Å². The summed E-state index contributed by atoms with van der Waals surface area (Å²) >= 11 is 0. The minimum atomic E-state index is -3.69. The van der Waals surface area contributed by atoms with Crippen LogP contribution in [0.5, 0.6) is 0 Å². The molecule has 0 fully saturated rings. The zero-order valence-electron chi connectivity index (χ0n) is 14.5. The molecule has 0 saturated heterocycles. The van der Waals surface area contributed by atoms with E-state index < -0.39 is 21.7 Å². The zero-order valence-corrected chi connectivity index (χ0v) is 15.3. The lowest BCUT2D eigenvalue weighted by molar-refractivity contribution is -0.115. The minimum absolute atomic E-state index is 0.125. The van der Waals surface area contributed by atoms with Gasteiger partial charge < -0.3 is 14.8 Å². The lowest BCUT2D eigenvalue weighted by Crippen LogP contribution is -2.28. The standard InChI is InChI=1S/C19H17NO6S/c1-25-19(22)14-9-5-6-10-15(14)20-18(21)16-17(13-7-3-2-4-8-13)27(23,24)12-11-26-16/h2-10H,11-12H2,1H3,(H,20,21). The number of hydrogen-bond acceptors (Lipinski definition) is 6. The number of esters is 1. The van der Waals surface area contributed by atoms with Crippen LogP contribution in [-0.4, -0.2) is 39.8 Å². The summed E-state index contributed by atoms with van der Waals surface area (Å²) < 4.78 is 35.3. The fourth-order valence-electron chi connectivity index (χ4n) is 2.69. The summed E-state index contributed by atoms with van der Waals surface area (Å²) in [6.45, 7) is -0.125. The predicted octanol–water partition coefficient (Wildman–Crippen LogP) is 2.23. The molecule has 1 aliphatic heterocycles. The van der Waals surface area contributed by atoms with E-state index in [0.29, 0.717) is 5.56 Å². The van der Waals surface area contributed by atoms with E-state index in [4.69, 9.17) is 9.47 Å². The number of anilines is 1. The Balaban J connectivity index is 2.05. The molecule has 1 aliphatic rings. The summed E-state index contributed by atoms with van der Waals surface area (Å²) in [5.41, 5.74) is 0.707. The van der Waals surface area contributed by atoms with Gasteiger partial charge in [0.25, 0.3) is 5.91 Å². The van der Waals surface area contributed by atoms with Crippen molar-refractivity contribution in [3.05, 3.63) is 71.5 Å². The van der Waals surface area contributed by atoms with Crippen LogP contribution in [0, 0.1) is 0 Å². The molecule has 0 atom stereocenters. The summed E-state index contributed by atoms with van der Waals surface area (Å²) in [6, 6.07) is 14.5. The number of rotatable bonds is 4. The number of sulfone groups is 1. The average molecular weight is 387 g/mol. The second-order valence-electron chi connectivity index (χ2n) is 5.68. The van der Waals surface area contributed by atoms with Crippen molar-refractivity contribution in [2.75, 3.05) is 24.8 Å². The number of amides is 1. The number of hydrogen-bond donors (Lipinski definition) is 1. The third-order valence-electron chi connectivity index (χ3n) is 3.94. The Morgan fingerprint density at radius 1 is 1.04 bits per heavy atom. The van der Waals surface area contributed by atoms with Gasteiger partial charge in [-0.3, -0.25) is 4.79 Å². The van der Waals surface area contributed by atoms with E-state index >= 15 is 0 Å². The first-order valence-electron chi connectivity index (χ1n) is 8.08. The Morgan fingerprint density at radius 3 is 2.41 bits per heavy atom. The number of methoxy groups -OCH3 is 1. The minimum Gasteiger partial charge on any atom is -0.486 e. The molecule has 140 valence electrons. The lowest BCUT2D eigenvalue weighted by atomic mass is 10.1. The maximum atomic E-state index is 12.8. The first-order chi connectivity index (χ1) is 12.9. The zero-order chi connectivity index (χ0) is 19.4. The van der Waals surface area contributed by atoms with Crippen LogP contribution in [-0.2, 0) is 24.1 Å². The molecule has 8 heteroatoms. The number of carbonyl (C=O) groups is 2. The van der Waals surface area contributed by atoms with Gasteiger partial charge in [-0.1, -0.05) is 42.5 Å². The lowest BCUT2D eigenvalue weighted by Gasteiger charge is -2.21. The molecule has 0 bridgehead atoms. The van der Waals surface area contributed by atoms with Gasteiger partial charge in [0.2, 0.25) is 5.76 Å². The van der Waals surface area contributed by atoms with Crippen molar-refractivity contribution >= 4 is 32.3 Å². The largest absolute Gasteiger partial charge is 0.486 e. The summed E-state index contributed by atoms with van der Waals surface area (Å²) in [5.74, 6) is -1.90. The molecule has 7 nitrogen and oxygen atoms in total. The highest BCUT2D eigenvalue weighted by molar-refractivity contribution is 8.00. The molecule has 0 unspecified atom stereocenters. The second kappa shape index (κ2) is 7.63. The van der Waals surface area contributed by atoms with Crippen LogP contribution in [0.15, 0.2) is 60.4 Å². The van der Waals surface area contributed by atoms with E-state index in [1.54, 1.807) is 42.5 Å². The molecule has 0 saturated carbocycles. The topological polar surface area (TPSA) is 98.8 Å². The van der Waals surface area contributed by atoms with Gasteiger partial charge in [0, 0.05) is 0 Å². The van der Waals surface area contributed by atoms with Gasteiger partial charge in [0.05, 0.1) is 24.1 Å². The van der Waals surface area contributed by atoms with E-state index in [1.165, 1.54) is 19.2 Å². The van der Waals surface area contributed by atoms with Crippen LogP contribution in [0.25, 0.3) is 4.91 Å². The normalized spacial score (nSPS) is 15.6. The summed E-state index contributed by atoms with van der Waals surface area (Å²) in [4.78, 5) is 24.5. The average Bonchev–Trinajstić information content (AvgIpc) is 2.67. The van der Waals surface area contributed by atoms with Gasteiger partial charge in [0.15, 0.2) is 9.84 Å². The van der Waals surface area contributed by atoms with E-state index in [9.17, 15) is 18.0 Å². The fourth-order valence-corrected chi connectivity index (χ4v) is 4.13. The third-order valence-corrected chi connectivity index (χ3v) is 5.69.